The van der Waals surface area contributed by atoms with E-state index >= 15 is 0 Å². The summed E-state index contributed by atoms with van der Waals surface area (Å²) < 4.78 is 1.36. The second kappa shape index (κ2) is 10.9. The van der Waals surface area contributed by atoms with E-state index < -0.39 is 0 Å². The molecular formula is C26H25N3O3S. The molecule has 0 saturated heterocycles. The number of carbonyl (C=O) groups is 2. The fourth-order valence-electron chi connectivity index (χ4n) is 3.96. The molecule has 0 radical (unpaired) electrons. The zero-order valence-corrected chi connectivity index (χ0v) is 19.0. The number of imide groups is 1. The van der Waals surface area contributed by atoms with Crippen LogP contribution in [0.1, 0.15) is 52.8 Å². The first kappa shape index (κ1) is 22.7. The number of benzene rings is 3. The summed E-state index contributed by atoms with van der Waals surface area (Å²) in [4.78, 5) is 35.1. The number of anilines is 2. The molecule has 1 fully saturated rings. The molecule has 168 valence electrons. The Kier molecular flexibility index (Phi) is 7.52. The monoisotopic (exact) mass is 459 g/mol. The Bertz CT molecular complexity index is 1030. The van der Waals surface area contributed by atoms with Crippen LogP contribution in [0.2, 0.25) is 0 Å². The molecule has 1 saturated carbocycles. The molecule has 6 nitrogen and oxygen atoms in total. The molecule has 0 atom stereocenters. The molecule has 3 aromatic rings. The second-order valence-electron chi connectivity index (χ2n) is 7.88. The topological polar surface area (TPSA) is 70.0 Å². The average Bonchev–Trinajstić information content (AvgIpc) is 3.12. The summed E-state index contributed by atoms with van der Waals surface area (Å²) in [6.07, 6.45) is 5.91. The lowest BCUT2D eigenvalue weighted by atomic mass is 10.0. The van der Waals surface area contributed by atoms with Gasteiger partial charge in [0.2, 0.25) is 0 Å². The van der Waals surface area contributed by atoms with Crippen LogP contribution in [-0.2, 0) is 0 Å². The van der Waals surface area contributed by atoms with Gasteiger partial charge in [0.05, 0.1) is 27.8 Å². The van der Waals surface area contributed by atoms with Gasteiger partial charge in [-0.25, -0.2) is 4.31 Å². The van der Waals surface area contributed by atoms with Crippen LogP contribution in [-0.4, -0.2) is 21.4 Å². The Morgan fingerprint density at radius 2 is 1.15 bits per heavy atom. The third-order valence-corrected chi connectivity index (χ3v) is 6.96. The first-order valence-corrected chi connectivity index (χ1v) is 11.9. The third kappa shape index (κ3) is 5.31. The minimum atomic E-state index is -0.147. The Labute approximate surface area is 197 Å². The molecule has 0 unspecified atom stereocenters. The lowest BCUT2D eigenvalue weighted by Gasteiger charge is -2.24. The van der Waals surface area contributed by atoms with E-state index in [9.17, 15) is 14.5 Å². The van der Waals surface area contributed by atoms with E-state index in [2.05, 4.69) is 5.29 Å². The van der Waals surface area contributed by atoms with Crippen LogP contribution >= 0.6 is 11.9 Å². The standard InChI is InChI=1S/C14H15NO2S.C12H10N2O/c16-13-11-8-4-5-9-12(11)14(17)15(13)18-10-6-2-1-3-7-10;15-13-14(11-7-3-1-4-8-11)12-9-5-2-6-10-12/h4-5,8-10H,1-3,6-7H2;1-10H. The molecule has 1 aliphatic carbocycles. The van der Waals surface area contributed by atoms with E-state index in [0.29, 0.717) is 16.4 Å². The summed E-state index contributed by atoms with van der Waals surface area (Å²) in [6, 6.07) is 25.7. The smallest absolute Gasteiger partial charge is 0.268 e. The average molecular weight is 460 g/mol. The number of carbonyl (C=O) groups excluding carboxylic acids is 2. The minimum Gasteiger partial charge on any atom is -0.268 e. The SMILES string of the molecule is O=C1c2ccccc2C(=O)N1SC1CCCCC1.O=NN(c1ccccc1)c1ccccc1. The van der Waals surface area contributed by atoms with Crippen molar-refractivity contribution in [2.75, 3.05) is 5.01 Å². The van der Waals surface area contributed by atoms with Gasteiger partial charge in [0.1, 0.15) is 0 Å². The Morgan fingerprint density at radius 3 is 1.61 bits per heavy atom. The predicted octanol–water partition coefficient (Wildman–Crippen LogP) is 6.77. The van der Waals surface area contributed by atoms with Gasteiger partial charge in [-0.3, -0.25) is 9.59 Å². The molecule has 0 aromatic heterocycles. The van der Waals surface area contributed by atoms with E-state index in [4.69, 9.17) is 0 Å². The number of nitroso groups, excluding NO2 is 1. The molecular weight excluding hydrogens is 434 g/mol. The van der Waals surface area contributed by atoms with Gasteiger partial charge in [0.25, 0.3) is 11.8 Å². The minimum absolute atomic E-state index is 0.147. The molecule has 0 N–H and O–H groups in total. The van der Waals surface area contributed by atoms with Crippen molar-refractivity contribution in [3.63, 3.8) is 0 Å². The molecule has 3 aromatic carbocycles. The second-order valence-corrected chi connectivity index (χ2v) is 9.12. The molecule has 7 heteroatoms. The fourth-order valence-corrected chi connectivity index (χ4v) is 5.19. The highest BCUT2D eigenvalue weighted by Crippen LogP contribution is 2.35. The van der Waals surface area contributed by atoms with E-state index in [1.165, 1.54) is 40.5 Å². The Morgan fingerprint density at radius 1 is 0.697 bits per heavy atom. The van der Waals surface area contributed by atoms with Crippen molar-refractivity contribution in [1.82, 2.24) is 4.31 Å². The molecule has 0 spiro atoms. The highest BCUT2D eigenvalue weighted by atomic mass is 32.2. The molecule has 2 amide bonds. The molecule has 2 aliphatic rings. The number of hydrogen-bond donors (Lipinski definition) is 0. The van der Waals surface area contributed by atoms with Crippen LogP contribution in [0.5, 0.6) is 0 Å². The van der Waals surface area contributed by atoms with Gasteiger partial charge in [-0.15, -0.1) is 4.91 Å². The van der Waals surface area contributed by atoms with Crippen LogP contribution in [0.4, 0.5) is 11.4 Å². The summed E-state index contributed by atoms with van der Waals surface area (Å²) in [7, 11) is 0. The Hall–Kier alpha value is -3.45. The maximum Gasteiger partial charge on any atom is 0.271 e. The zero-order chi connectivity index (χ0) is 23.0. The van der Waals surface area contributed by atoms with Crippen LogP contribution < -0.4 is 5.01 Å². The maximum absolute atomic E-state index is 12.2. The van der Waals surface area contributed by atoms with Gasteiger partial charge in [-0.2, -0.15) is 5.01 Å². The number of para-hydroxylation sites is 2. The van der Waals surface area contributed by atoms with Crippen molar-refractivity contribution in [2.24, 2.45) is 5.29 Å². The molecule has 1 heterocycles. The van der Waals surface area contributed by atoms with Crippen molar-refractivity contribution in [3.8, 4) is 0 Å². The van der Waals surface area contributed by atoms with E-state index in [-0.39, 0.29) is 11.8 Å². The first-order valence-electron chi connectivity index (χ1n) is 11.1. The molecule has 1 aliphatic heterocycles. The quantitative estimate of drug-likeness (QED) is 0.182. The Balaban J connectivity index is 0.000000160. The normalized spacial score (nSPS) is 15.5. The largest absolute Gasteiger partial charge is 0.271 e. The van der Waals surface area contributed by atoms with Gasteiger partial charge in [-0.1, -0.05) is 67.8 Å². The molecule has 0 bridgehead atoms. The summed E-state index contributed by atoms with van der Waals surface area (Å²) in [5.74, 6) is -0.294. The highest BCUT2D eigenvalue weighted by Gasteiger charge is 2.37. The van der Waals surface area contributed by atoms with Gasteiger partial charge in [-0.05, 0) is 61.2 Å². The summed E-state index contributed by atoms with van der Waals surface area (Å²) in [5, 5.41) is 4.79. The summed E-state index contributed by atoms with van der Waals surface area (Å²) in [5.41, 5.74) is 2.62. The van der Waals surface area contributed by atoms with Crippen molar-refractivity contribution in [3.05, 3.63) is 101 Å². The van der Waals surface area contributed by atoms with Gasteiger partial charge < -0.3 is 0 Å². The summed E-state index contributed by atoms with van der Waals surface area (Å²) in [6.45, 7) is 0. The third-order valence-electron chi connectivity index (χ3n) is 5.65. The van der Waals surface area contributed by atoms with Crippen molar-refractivity contribution in [1.29, 1.82) is 0 Å². The van der Waals surface area contributed by atoms with E-state index in [0.717, 1.165) is 24.2 Å². The van der Waals surface area contributed by atoms with Crippen molar-refractivity contribution in [2.45, 2.75) is 37.4 Å². The lowest BCUT2D eigenvalue weighted by molar-refractivity contribution is 0.0776. The number of hydrogen-bond acceptors (Lipinski definition) is 5. The fraction of sp³-hybridized carbons (Fsp3) is 0.231. The number of nitrogens with zero attached hydrogens (tertiary/aromatic N) is 3. The predicted molar refractivity (Wildman–Crippen MR) is 132 cm³/mol. The van der Waals surface area contributed by atoms with Gasteiger partial charge in [0, 0.05) is 5.25 Å². The molecule has 33 heavy (non-hydrogen) atoms. The number of amides is 2. The van der Waals surface area contributed by atoms with Crippen molar-refractivity contribution >= 4 is 35.1 Å². The van der Waals surface area contributed by atoms with Gasteiger partial charge >= 0.3 is 0 Å². The lowest BCUT2D eigenvalue weighted by Crippen LogP contribution is -2.26. The van der Waals surface area contributed by atoms with Crippen LogP contribution in [0.15, 0.2) is 90.2 Å². The number of fused-ring (bicyclic) bond motifs is 1. The number of rotatable bonds is 5. The first-order chi connectivity index (χ1) is 16.2. The van der Waals surface area contributed by atoms with E-state index in [1.807, 2.05) is 60.7 Å². The van der Waals surface area contributed by atoms with Crippen LogP contribution in [0.25, 0.3) is 0 Å². The summed E-state index contributed by atoms with van der Waals surface area (Å²) >= 11 is 1.44. The van der Waals surface area contributed by atoms with Crippen LogP contribution in [0.3, 0.4) is 0 Å². The van der Waals surface area contributed by atoms with Crippen LogP contribution in [0, 0.1) is 4.91 Å². The van der Waals surface area contributed by atoms with E-state index in [1.54, 1.807) is 24.3 Å². The van der Waals surface area contributed by atoms with Crippen molar-refractivity contribution < 1.29 is 9.59 Å². The highest BCUT2D eigenvalue weighted by molar-refractivity contribution is 7.98. The molecule has 5 rings (SSSR count). The maximum atomic E-state index is 12.2. The van der Waals surface area contributed by atoms with Gasteiger partial charge in [0.15, 0.2) is 0 Å². The zero-order valence-electron chi connectivity index (χ0n) is 18.2.